The smallest absolute Gasteiger partial charge is 0.134 e. The lowest BCUT2D eigenvalue weighted by molar-refractivity contribution is 0.411. The van der Waals surface area contributed by atoms with Gasteiger partial charge in [0.25, 0.3) is 0 Å². The molecule has 1 aromatic carbocycles. The Bertz CT molecular complexity index is 263. The lowest BCUT2D eigenvalue weighted by atomic mass is 10.2. The van der Waals surface area contributed by atoms with Gasteiger partial charge in [0.1, 0.15) is 5.75 Å². The van der Waals surface area contributed by atoms with E-state index in [0.29, 0.717) is 6.54 Å². The molecule has 0 radical (unpaired) electrons. The van der Waals surface area contributed by atoms with Crippen LogP contribution in [0.3, 0.4) is 0 Å². The van der Waals surface area contributed by atoms with Crippen LogP contribution in [0.2, 0.25) is 0 Å². The van der Waals surface area contributed by atoms with Crippen molar-refractivity contribution in [3.8, 4) is 5.75 Å². The molecule has 1 rings (SSSR count). The zero-order valence-electron chi connectivity index (χ0n) is 6.60. The fraction of sp³-hybridized carbons (Fsp3) is 0.250. The Morgan fingerprint density at radius 2 is 2.08 bits per heavy atom. The Hall–Kier alpha value is -0.0600. The number of rotatable bonds is 2. The topological polar surface area (TPSA) is 35.2 Å². The van der Waals surface area contributed by atoms with Gasteiger partial charge in [-0.25, -0.2) is 0 Å². The van der Waals surface area contributed by atoms with Gasteiger partial charge in [-0.05, 0) is 33.6 Å². The predicted octanol–water partition coefficient (Wildman–Crippen LogP) is 2.68. The summed E-state index contributed by atoms with van der Waals surface area (Å²) in [6.45, 7) is 0.496. The summed E-state index contributed by atoms with van der Waals surface area (Å²) in [7, 11) is 1.63. The molecule has 2 N–H and O–H groups in total. The van der Waals surface area contributed by atoms with Gasteiger partial charge in [0.2, 0.25) is 0 Å². The highest BCUT2D eigenvalue weighted by atomic mass is 79.9. The molecule has 66 valence electrons. The number of hydrogen-bond acceptors (Lipinski definition) is 2. The summed E-state index contributed by atoms with van der Waals surface area (Å²) in [4.78, 5) is 0. The Kier molecular flexibility index (Phi) is 3.55. The molecule has 4 heteroatoms. The molecular weight excluding hydrogens is 286 g/mol. The lowest BCUT2D eigenvalue weighted by Gasteiger charge is -2.07. The van der Waals surface area contributed by atoms with Crippen LogP contribution >= 0.6 is 31.9 Å². The van der Waals surface area contributed by atoms with E-state index in [4.69, 9.17) is 10.5 Å². The van der Waals surface area contributed by atoms with Crippen LogP contribution < -0.4 is 10.5 Å². The van der Waals surface area contributed by atoms with Crippen molar-refractivity contribution < 1.29 is 4.74 Å². The molecule has 0 unspecified atom stereocenters. The first kappa shape index (κ1) is 10.0. The summed E-state index contributed by atoms with van der Waals surface area (Å²) in [6, 6.07) is 3.86. The molecule has 0 spiro atoms. The molecule has 0 amide bonds. The molecule has 0 saturated carbocycles. The van der Waals surface area contributed by atoms with Crippen LogP contribution in [0.5, 0.6) is 5.75 Å². The molecule has 0 saturated heterocycles. The highest BCUT2D eigenvalue weighted by molar-refractivity contribution is 9.11. The van der Waals surface area contributed by atoms with Crippen LogP contribution in [-0.2, 0) is 6.54 Å². The van der Waals surface area contributed by atoms with E-state index < -0.39 is 0 Å². The molecule has 0 fully saturated rings. The second-order valence-electron chi connectivity index (χ2n) is 2.29. The normalized spacial score (nSPS) is 10.0. The lowest BCUT2D eigenvalue weighted by Crippen LogP contribution is -1.98. The van der Waals surface area contributed by atoms with E-state index in [-0.39, 0.29) is 0 Å². The third-order valence-electron chi connectivity index (χ3n) is 1.52. The summed E-state index contributed by atoms with van der Waals surface area (Å²) < 4.78 is 7.04. The van der Waals surface area contributed by atoms with Crippen LogP contribution in [-0.4, -0.2) is 7.11 Å². The number of halogens is 2. The van der Waals surface area contributed by atoms with Crippen molar-refractivity contribution in [3.05, 3.63) is 26.6 Å². The van der Waals surface area contributed by atoms with E-state index >= 15 is 0 Å². The van der Waals surface area contributed by atoms with Crippen molar-refractivity contribution in [3.63, 3.8) is 0 Å². The molecule has 0 aromatic heterocycles. The van der Waals surface area contributed by atoms with Crippen molar-refractivity contribution in [2.24, 2.45) is 5.73 Å². The zero-order valence-corrected chi connectivity index (χ0v) is 9.78. The van der Waals surface area contributed by atoms with E-state index in [9.17, 15) is 0 Å². The summed E-state index contributed by atoms with van der Waals surface area (Å²) >= 11 is 6.78. The summed E-state index contributed by atoms with van der Waals surface area (Å²) in [5, 5.41) is 0. The molecule has 0 atom stereocenters. The van der Waals surface area contributed by atoms with E-state index in [0.717, 1.165) is 20.3 Å². The van der Waals surface area contributed by atoms with Crippen molar-refractivity contribution in [1.82, 2.24) is 0 Å². The minimum absolute atomic E-state index is 0.496. The molecule has 0 aliphatic rings. The summed E-state index contributed by atoms with van der Waals surface area (Å²) in [5.41, 5.74) is 6.57. The van der Waals surface area contributed by atoms with Crippen molar-refractivity contribution in [1.29, 1.82) is 0 Å². The highest BCUT2D eigenvalue weighted by Crippen LogP contribution is 2.31. The maximum Gasteiger partial charge on any atom is 0.134 e. The minimum Gasteiger partial charge on any atom is -0.496 e. The molecule has 0 bridgehead atoms. The quantitative estimate of drug-likeness (QED) is 0.910. The third-order valence-corrected chi connectivity index (χ3v) is 2.88. The second-order valence-corrected chi connectivity index (χ2v) is 3.99. The van der Waals surface area contributed by atoms with Gasteiger partial charge in [-0.2, -0.15) is 0 Å². The molecule has 12 heavy (non-hydrogen) atoms. The van der Waals surface area contributed by atoms with Gasteiger partial charge >= 0.3 is 0 Å². The molecule has 2 nitrogen and oxygen atoms in total. The number of hydrogen-bond donors (Lipinski definition) is 1. The summed E-state index contributed by atoms with van der Waals surface area (Å²) in [6.07, 6.45) is 0. The Morgan fingerprint density at radius 3 is 2.58 bits per heavy atom. The Balaban J connectivity index is 3.22. The van der Waals surface area contributed by atoms with Gasteiger partial charge in [-0.3, -0.25) is 0 Å². The van der Waals surface area contributed by atoms with Crippen LogP contribution in [0.1, 0.15) is 5.56 Å². The predicted molar refractivity (Wildman–Crippen MR) is 56.3 cm³/mol. The highest BCUT2D eigenvalue weighted by Gasteiger charge is 2.06. The maximum absolute atomic E-state index is 5.54. The zero-order chi connectivity index (χ0) is 9.14. The van der Waals surface area contributed by atoms with Gasteiger partial charge in [0, 0.05) is 11.0 Å². The van der Waals surface area contributed by atoms with Crippen molar-refractivity contribution in [2.75, 3.05) is 7.11 Å². The number of nitrogens with two attached hydrogens (primary N) is 1. The Labute approximate surface area is 88.3 Å². The van der Waals surface area contributed by atoms with Gasteiger partial charge in [-0.15, -0.1) is 0 Å². The van der Waals surface area contributed by atoms with Crippen LogP contribution in [0.25, 0.3) is 0 Å². The maximum atomic E-state index is 5.54. The standard InChI is InChI=1S/C8H9Br2NO/c1-12-7-3-6(9)2-5(4-11)8(7)10/h2-3H,4,11H2,1H3. The van der Waals surface area contributed by atoms with Crippen LogP contribution in [0.4, 0.5) is 0 Å². The van der Waals surface area contributed by atoms with Crippen LogP contribution in [0.15, 0.2) is 21.1 Å². The first-order valence-electron chi connectivity index (χ1n) is 3.41. The number of methoxy groups -OCH3 is 1. The monoisotopic (exact) mass is 293 g/mol. The number of benzene rings is 1. The van der Waals surface area contributed by atoms with Gasteiger partial charge in [0.05, 0.1) is 11.6 Å². The summed E-state index contributed by atoms with van der Waals surface area (Å²) in [5.74, 6) is 0.796. The fourth-order valence-electron chi connectivity index (χ4n) is 0.915. The fourth-order valence-corrected chi connectivity index (χ4v) is 1.95. The second kappa shape index (κ2) is 4.25. The average molecular weight is 295 g/mol. The molecule has 0 aliphatic heterocycles. The van der Waals surface area contributed by atoms with Gasteiger partial charge in [0.15, 0.2) is 0 Å². The SMILES string of the molecule is COc1cc(Br)cc(CN)c1Br. The van der Waals surface area contributed by atoms with Gasteiger partial charge < -0.3 is 10.5 Å². The average Bonchev–Trinajstić information content (AvgIpc) is 2.08. The van der Waals surface area contributed by atoms with Gasteiger partial charge in [-0.1, -0.05) is 15.9 Å². The first-order valence-corrected chi connectivity index (χ1v) is 4.99. The molecular formula is C8H9Br2NO. The van der Waals surface area contributed by atoms with Crippen LogP contribution in [0, 0.1) is 0 Å². The molecule has 1 aromatic rings. The Morgan fingerprint density at radius 1 is 1.42 bits per heavy atom. The largest absolute Gasteiger partial charge is 0.496 e. The first-order chi connectivity index (χ1) is 5.69. The number of ether oxygens (including phenoxy) is 1. The van der Waals surface area contributed by atoms with E-state index in [1.54, 1.807) is 7.11 Å². The van der Waals surface area contributed by atoms with E-state index in [2.05, 4.69) is 31.9 Å². The third kappa shape index (κ3) is 2.00. The van der Waals surface area contributed by atoms with Crippen molar-refractivity contribution in [2.45, 2.75) is 6.54 Å². The van der Waals surface area contributed by atoms with E-state index in [1.807, 2.05) is 12.1 Å². The molecule has 0 aliphatic carbocycles. The van der Waals surface area contributed by atoms with Crippen molar-refractivity contribution >= 4 is 31.9 Å². The molecule has 0 heterocycles. The minimum atomic E-state index is 0.496. The van der Waals surface area contributed by atoms with E-state index in [1.165, 1.54) is 0 Å².